The number of ether oxygens (including phenoxy) is 2. The average Bonchev–Trinajstić information content (AvgIpc) is 3.01. The molecule has 0 aliphatic carbocycles. The summed E-state index contributed by atoms with van der Waals surface area (Å²) < 4.78 is 11.4. The molecule has 1 fully saturated rings. The van der Waals surface area contributed by atoms with Crippen LogP contribution >= 0.6 is 11.6 Å². The van der Waals surface area contributed by atoms with Gasteiger partial charge in [0.25, 0.3) is 0 Å². The molecule has 1 amide bonds. The number of hydrogen-bond donors (Lipinski definition) is 0. The number of likely N-dealkylation sites (tertiary alicyclic amines) is 1. The van der Waals surface area contributed by atoms with Gasteiger partial charge in [0.2, 0.25) is 5.88 Å². The zero-order valence-electron chi connectivity index (χ0n) is 15.8. The molecule has 0 aromatic carbocycles. The Labute approximate surface area is 162 Å². The van der Waals surface area contributed by atoms with Crippen LogP contribution in [0, 0.1) is 0 Å². The van der Waals surface area contributed by atoms with Gasteiger partial charge in [-0.15, -0.1) is 0 Å². The lowest BCUT2D eigenvalue weighted by atomic mass is 10.1. The third-order valence-electron chi connectivity index (χ3n) is 4.16. The number of Topliss-reactive ketones (excluding diaryl/α,β-unsaturated/α-hetero) is 1. The minimum atomic E-state index is -0.540. The predicted molar refractivity (Wildman–Crippen MR) is 101 cm³/mol. The summed E-state index contributed by atoms with van der Waals surface area (Å²) in [5, 5.41) is 1.55. The lowest BCUT2D eigenvalue weighted by Crippen LogP contribution is -2.36. The highest BCUT2D eigenvalue weighted by Gasteiger charge is 2.31. The SMILES string of the molecule is CC(=O)c1cnc(O[C@H]2CCN(C(=O)OC(C)(C)C)C2)c2cnc(Cl)cc12. The van der Waals surface area contributed by atoms with Crippen molar-refractivity contribution in [1.29, 1.82) is 0 Å². The fraction of sp³-hybridized carbons (Fsp3) is 0.474. The fourth-order valence-corrected chi connectivity index (χ4v) is 3.09. The van der Waals surface area contributed by atoms with E-state index in [4.69, 9.17) is 21.1 Å². The first-order chi connectivity index (χ1) is 12.6. The van der Waals surface area contributed by atoms with Gasteiger partial charge in [0.1, 0.15) is 16.9 Å². The Hall–Kier alpha value is -2.41. The quantitative estimate of drug-likeness (QED) is 0.583. The van der Waals surface area contributed by atoms with Crippen molar-refractivity contribution in [3.05, 3.63) is 29.2 Å². The Morgan fingerprint density at radius 2 is 1.96 bits per heavy atom. The number of aromatic nitrogens is 2. The highest BCUT2D eigenvalue weighted by Crippen LogP contribution is 2.29. The lowest BCUT2D eigenvalue weighted by molar-refractivity contribution is 0.0275. The summed E-state index contributed by atoms with van der Waals surface area (Å²) >= 11 is 5.98. The Balaban J connectivity index is 1.79. The van der Waals surface area contributed by atoms with Crippen molar-refractivity contribution >= 4 is 34.2 Å². The molecule has 0 spiro atoms. The summed E-state index contributed by atoms with van der Waals surface area (Å²) in [6.07, 6.45) is 3.13. The molecular formula is C19H22ClN3O4. The maximum atomic E-state index is 12.2. The lowest BCUT2D eigenvalue weighted by Gasteiger charge is -2.24. The van der Waals surface area contributed by atoms with E-state index < -0.39 is 5.60 Å². The number of pyridine rings is 2. The summed E-state index contributed by atoms with van der Waals surface area (Å²) in [6.45, 7) is 7.93. The van der Waals surface area contributed by atoms with Gasteiger partial charge in [-0.1, -0.05) is 11.6 Å². The van der Waals surface area contributed by atoms with Gasteiger partial charge in [-0.2, -0.15) is 0 Å². The van der Waals surface area contributed by atoms with Crippen LogP contribution in [-0.2, 0) is 4.74 Å². The van der Waals surface area contributed by atoms with Gasteiger partial charge in [0.05, 0.1) is 11.9 Å². The molecule has 27 heavy (non-hydrogen) atoms. The van der Waals surface area contributed by atoms with Crippen molar-refractivity contribution in [2.75, 3.05) is 13.1 Å². The molecule has 0 saturated carbocycles. The Kier molecular flexibility index (Phi) is 5.24. The van der Waals surface area contributed by atoms with E-state index in [1.165, 1.54) is 13.1 Å². The van der Waals surface area contributed by atoms with Gasteiger partial charge >= 0.3 is 6.09 Å². The number of rotatable bonds is 3. The molecule has 144 valence electrons. The molecule has 3 rings (SSSR count). The molecule has 1 atom stereocenters. The van der Waals surface area contributed by atoms with Gasteiger partial charge in [-0.05, 0) is 33.8 Å². The van der Waals surface area contributed by atoms with Crippen LogP contribution in [0.25, 0.3) is 10.8 Å². The summed E-state index contributed by atoms with van der Waals surface area (Å²) in [7, 11) is 0. The van der Waals surface area contributed by atoms with Crippen LogP contribution in [0.3, 0.4) is 0 Å². The van der Waals surface area contributed by atoms with Crippen molar-refractivity contribution in [2.45, 2.75) is 45.8 Å². The first-order valence-electron chi connectivity index (χ1n) is 8.74. The zero-order chi connectivity index (χ0) is 19.8. The monoisotopic (exact) mass is 391 g/mol. The fourth-order valence-electron chi connectivity index (χ4n) is 2.93. The van der Waals surface area contributed by atoms with Crippen molar-refractivity contribution in [3.8, 4) is 5.88 Å². The molecule has 1 aliphatic heterocycles. The number of ketones is 1. The number of amides is 1. The molecule has 1 aliphatic rings. The third-order valence-corrected chi connectivity index (χ3v) is 4.36. The molecular weight excluding hydrogens is 370 g/mol. The molecule has 2 aromatic heterocycles. The highest BCUT2D eigenvalue weighted by atomic mass is 35.5. The standard InChI is InChI=1S/C19H22ClN3O4/c1-11(24)14-8-22-17(15-9-21-16(20)7-13(14)15)26-12-5-6-23(10-12)18(25)27-19(2,3)4/h7-9,12H,5-6,10H2,1-4H3/t12-/m0/s1. The second-order valence-electron chi connectivity index (χ2n) is 7.54. The van der Waals surface area contributed by atoms with Crippen LogP contribution < -0.4 is 4.74 Å². The molecule has 3 heterocycles. The van der Waals surface area contributed by atoms with Gasteiger partial charge in [0.15, 0.2) is 5.78 Å². The molecule has 0 bridgehead atoms. The second-order valence-corrected chi connectivity index (χ2v) is 7.93. The number of nitrogens with zero attached hydrogens (tertiary/aromatic N) is 3. The maximum Gasteiger partial charge on any atom is 0.410 e. The predicted octanol–water partition coefficient (Wildman–Crippen LogP) is 3.87. The average molecular weight is 392 g/mol. The van der Waals surface area contributed by atoms with Gasteiger partial charge in [0, 0.05) is 36.3 Å². The van der Waals surface area contributed by atoms with Gasteiger partial charge < -0.3 is 14.4 Å². The van der Waals surface area contributed by atoms with E-state index in [-0.39, 0.29) is 18.0 Å². The Morgan fingerprint density at radius 3 is 2.63 bits per heavy atom. The van der Waals surface area contributed by atoms with Crippen LogP contribution in [-0.4, -0.2) is 51.5 Å². The number of carbonyl (C=O) groups is 2. The van der Waals surface area contributed by atoms with Gasteiger partial charge in [-0.3, -0.25) is 4.79 Å². The van der Waals surface area contributed by atoms with E-state index in [0.29, 0.717) is 46.9 Å². The zero-order valence-corrected chi connectivity index (χ0v) is 16.5. The summed E-state index contributed by atoms with van der Waals surface area (Å²) in [5.74, 6) is 0.258. The number of fused-ring (bicyclic) bond motifs is 1. The van der Waals surface area contributed by atoms with Crippen molar-refractivity contribution < 1.29 is 19.1 Å². The van der Waals surface area contributed by atoms with Crippen LogP contribution in [0.15, 0.2) is 18.5 Å². The van der Waals surface area contributed by atoms with Crippen molar-refractivity contribution in [3.63, 3.8) is 0 Å². The minimum absolute atomic E-state index is 0.113. The van der Waals surface area contributed by atoms with E-state index in [1.54, 1.807) is 17.2 Å². The van der Waals surface area contributed by atoms with E-state index in [9.17, 15) is 9.59 Å². The van der Waals surface area contributed by atoms with Crippen LogP contribution in [0.2, 0.25) is 5.15 Å². The molecule has 0 radical (unpaired) electrons. The van der Waals surface area contributed by atoms with Crippen LogP contribution in [0.4, 0.5) is 4.79 Å². The molecule has 0 unspecified atom stereocenters. The van der Waals surface area contributed by atoms with E-state index in [2.05, 4.69) is 9.97 Å². The first kappa shape index (κ1) is 19.4. The molecule has 7 nitrogen and oxygen atoms in total. The number of carbonyl (C=O) groups excluding carboxylic acids is 2. The van der Waals surface area contributed by atoms with Crippen LogP contribution in [0.1, 0.15) is 44.5 Å². The molecule has 8 heteroatoms. The smallest absolute Gasteiger partial charge is 0.410 e. The maximum absolute atomic E-state index is 12.2. The minimum Gasteiger partial charge on any atom is -0.472 e. The largest absolute Gasteiger partial charge is 0.472 e. The van der Waals surface area contributed by atoms with E-state index in [0.717, 1.165) is 0 Å². The normalized spacial score (nSPS) is 17.2. The summed E-state index contributed by atoms with van der Waals surface area (Å²) in [5.41, 5.74) is -0.0789. The topological polar surface area (TPSA) is 81.6 Å². The van der Waals surface area contributed by atoms with E-state index >= 15 is 0 Å². The number of hydrogen-bond acceptors (Lipinski definition) is 6. The highest BCUT2D eigenvalue weighted by molar-refractivity contribution is 6.30. The van der Waals surface area contributed by atoms with Gasteiger partial charge in [-0.25, -0.2) is 14.8 Å². The second kappa shape index (κ2) is 7.31. The van der Waals surface area contributed by atoms with E-state index in [1.807, 2.05) is 20.8 Å². The molecule has 2 aromatic rings. The Morgan fingerprint density at radius 1 is 1.22 bits per heavy atom. The summed E-state index contributed by atoms with van der Waals surface area (Å²) in [6, 6.07) is 1.63. The van der Waals surface area contributed by atoms with Crippen LogP contribution in [0.5, 0.6) is 5.88 Å². The number of halogens is 1. The Bertz CT molecular complexity index is 894. The summed E-state index contributed by atoms with van der Waals surface area (Å²) in [4.78, 5) is 34.0. The van der Waals surface area contributed by atoms with Crippen molar-refractivity contribution in [1.82, 2.24) is 14.9 Å². The third kappa shape index (κ3) is 4.47. The molecule has 0 N–H and O–H groups in total. The van der Waals surface area contributed by atoms with Crippen molar-refractivity contribution in [2.24, 2.45) is 0 Å². The first-order valence-corrected chi connectivity index (χ1v) is 9.11. The molecule has 1 saturated heterocycles.